The van der Waals surface area contributed by atoms with Crippen molar-refractivity contribution in [3.63, 3.8) is 0 Å². The number of nitrogens with zero attached hydrogens (tertiary/aromatic N) is 2. The highest BCUT2D eigenvalue weighted by molar-refractivity contribution is 6.30. The van der Waals surface area contributed by atoms with E-state index in [-0.39, 0.29) is 5.97 Å². The predicted molar refractivity (Wildman–Crippen MR) is 114 cm³/mol. The summed E-state index contributed by atoms with van der Waals surface area (Å²) in [5, 5.41) is 0.756. The fourth-order valence-corrected chi connectivity index (χ4v) is 4.20. The second-order valence-electron chi connectivity index (χ2n) is 7.57. The minimum atomic E-state index is -0.303. The molecule has 150 valence electrons. The minimum absolute atomic E-state index is 0.303. The molecule has 1 aliphatic rings. The van der Waals surface area contributed by atoms with E-state index in [9.17, 15) is 4.79 Å². The molecule has 0 saturated carbocycles. The van der Waals surface area contributed by atoms with Crippen LogP contribution in [0.15, 0.2) is 54.7 Å². The van der Waals surface area contributed by atoms with E-state index in [2.05, 4.69) is 27.5 Å². The Bertz CT molecular complexity index is 991. The van der Waals surface area contributed by atoms with E-state index in [1.54, 1.807) is 0 Å². The number of esters is 1. The molecule has 0 spiro atoms. The summed E-state index contributed by atoms with van der Waals surface area (Å²) in [6, 6.07) is 15.8. The lowest BCUT2D eigenvalue weighted by molar-refractivity contribution is -0.695. The van der Waals surface area contributed by atoms with Crippen molar-refractivity contribution in [1.29, 1.82) is 0 Å². The van der Waals surface area contributed by atoms with Crippen LogP contribution in [0, 0.1) is 0 Å². The number of halogens is 1. The molecule has 0 atom stereocenters. The maximum atomic E-state index is 11.7. The van der Waals surface area contributed by atoms with Gasteiger partial charge in [0.1, 0.15) is 12.7 Å². The number of benzene rings is 2. The number of carbonyl (C=O) groups is 1. The van der Waals surface area contributed by atoms with Crippen LogP contribution in [0.25, 0.3) is 11.3 Å². The second kappa shape index (κ2) is 8.83. The van der Waals surface area contributed by atoms with E-state index < -0.39 is 0 Å². The number of aromatic nitrogens is 2. The SMILES string of the molecule is COC(=O)c1ccc(C[n+]2cc(-c3ccc(Cl)cc3)n3c2CCCCCC3)cc1. The van der Waals surface area contributed by atoms with Crippen LogP contribution in [0.2, 0.25) is 5.02 Å². The lowest BCUT2D eigenvalue weighted by Crippen LogP contribution is -2.38. The molecule has 2 heterocycles. The van der Waals surface area contributed by atoms with Crippen molar-refractivity contribution < 1.29 is 14.1 Å². The molecule has 0 fully saturated rings. The summed E-state index contributed by atoms with van der Waals surface area (Å²) < 4.78 is 9.64. The normalized spacial score (nSPS) is 14.0. The third-order valence-corrected chi connectivity index (χ3v) is 5.86. The van der Waals surface area contributed by atoms with Crippen LogP contribution in [0.4, 0.5) is 0 Å². The van der Waals surface area contributed by atoms with Crippen molar-refractivity contribution in [2.45, 2.75) is 45.2 Å². The summed E-state index contributed by atoms with van der Waals surface area (Å²) in [5.41, 5.74) is 4.18. The molecule has 0 radical (unpaired) electrons. The summed E-state index contributed by atoms with van der Waals surface area (Å²) >= 11 is 6.10. The fraction of sp³-hybridized carbons (Fsp3) is 0.333. The van der Waals surface area contributed by atoms with Crippen molar-refractivity contribution in [1.82, 2.24) is 4.57 Å². The summed E-state index contributed by atoms with van der Waals surface area (Å²) in [6.45, 7) is 1.83. The average Bonchev–Trinajstić information content (AvgIpc) is 3.04. The van der Waals surface area contributed by atoms with E-state index in [0.717, 1.165) is 24.5 Å². The van der Waals surface area contributed by atoms with Crippen LogP contribution in [0.3, 0.4) is 0 Å². The molecule has 3 aromatic rings. The van der Waals surface area contributed by atoms with E-state index in [4.69, 9.17) is 16.3 Å². The van der Waals surface area contributed by atoms with E-state index in [1.165, 1.54) is 55.4 Å². The van der Waals surface area contributed by atoms with Gasteiger partial charge in [-0.15, -0.1) is 0 Å². The summed E-state index contributed by atoms with van der Waals surface area (Å²) in [5.74, 6) is 1.06. The third-order valence-electron chi connectivity index (χ3n) is 5.61. The summed E-state index contributed by atoms with van der Waals surface area (Å²) in [6.07, 6.45) is 8.33. The van der Waals surface area contributed by atoms with Crippen molar-refractivity contribution in [2.24, 2.45) is 0 Å². The molecule has 0 N–H and O–H groups in total. The quantitative estimate of drug-likeness (QED) is 0.446. The third kappa shape index (κ3) is 4.38. The van der Waals surface area contributed by atoms with Gasteiger partial charge in [0.05, 0.1) is 19.2 Å². The molecule has 2 aromatic carbocycles. The molecule has 0 bridgehead atoms. The van der Waals surface area contributed by atoms with Crippen LogP contribution in [-0.2, 0) is 24.2 Å². The van der Waals surface area contributed by atoms with Gasteiger partial charge in [-0.1, -0.05) is 30.2 Å². The summed E-state index contributed by atoms with van der Waals surface area (Å²) in [7, 11) is 1.41. The maximum Gasteiger partial charge on any atom is 0.337 e. The minimum Gasteiger partial charge on any atom is -0.465 e. The molecule has 0 unspecified atom stereocenters. The van der Waals surface area contributed by atoms with Gasteiger partial charge >= 0.3 is 5.97 Å². The Hall–Kier alpha value is -2.59. The van der Waals surface area contributed by atoms with Gasteiger partial charge in [-0.2, -0.15) is 0 Å². The number of hydrogen-bond acceptors (Lipinski definition) is 2. The second-order valence-corrected chi connectivity index (χ2v) is 8.01. The molecule has 4 rings (SSSR count). The van der Waals surface area contributed by atoms with Gasteiger partial charge in [-0.25, -0.2) is 13.9 Å². The Morgan fingerprint density at radius 1 is 1.03 bits per heavy atom. The molecule has 0 saturated heterocycles. The Morgan fingerprint density at radius 3 is 2.48 bits per heavy atom. The first-order valence-corrected chi connectivity index (χ1v) is 10.6. The predicted octanol–water partition coefficient (Wildman–Crippen LogP) is 5.05. The fourth-order valence-electron chi connectivity index (χ4n) is 4.07. The molecule has 1 aliphatic heterocycles. The zero-order chi connectivity index (χ0) is 20.2. The number of carbonyl (C=O) groups excluding carboxylic acids is 1. The monoisotopic (exact) mass is 409 g/mol. The Balaban J connectivity index is 1.69. The van der Waals surface area contributed by atoms with Crippen LogP contribution in [0.5, 0.6) is 0 Å². The van der Waals surface area contributed by atoms with Gasteiger partial charge in [-0.05, 0) is 61.2 Å². The largest absolute Gasteiger partial charge is 0.465 e. The van der Waals surface area contributed by atoms with Crippen molar-refractivity contribution in [2.75, 3.05) is 7.11 Å². The van der Waals surface area contributed by atoms with Gasteiger partial charge in [0.25, 0.3) is 5.82 Å². The van der Waals surface area contributed by atoms with Gasteiger partial charge in [0.2, 0.25) is 0 Å². The number of imidazole rings is 1. The highest BCUT2D eigenvalue weighted by atomic mass is 35.5. The van der Waals surface area contributed by atoms with E-state index >= 15 is 0 Å². The molecule has 0 aliphatic carbocycles. The zero-order valence-electron chi connectivity index (χ0n) is 16.7. The van der Waals surface area contributed by atoms with E-state index in [1.807, 2.05) is 36.4 Å². The molecular weight excluding hydrogens is 384 g/mol. The van der Waals surface area contributed by atoms with Gasteiger partial charge in [-0.3, -0.25) is 0 Å². The molecule has 0 amide bonds. The standard InChI is InChI=1S/C24H26ClN2O2/c1-29-24(28)20-9-7-18(8-10-20)16-26-17-22(19-11-13-21(25)14-12-19)27-15-5-3-2-4-6-23(26)27/h7-14,17H,2-6,15-16H2,1H3/q+1. The van der Waals surface area contributed by atoms with Gasteiger partial charge < -0.3 is 4.74 Å². The molecule has 1 aromatic heterocycles. The Morgan fingerprint density at radius 2 is 1.76 bits per heavy atom. The average molecular weight is 410 g/mol. The Kier molecular flexibility index (Phi) is 6.00. The lowest BCUT2D eigenvalue weighted by Gasteiger charge is -2.10. The van der Waals surface area contributed by atoms with Crippen LogP contribution in [0.1, 0.15) is 47.4 Å². The first-order chi connectivity index (χ1) is 14.2. The van der Waals surface area contributed by atoms with E-state index in [0.29, 0.717) is 5.56 Å². The highest BCUT2D eigenvalue weighted by Crippen LogP contribution is 2.25. The first kappa shape index (κ1) is 19.7. The highest BCUT2D eigenvalue weighted by Gasteiger charge is 2.25. The first-order valence-electron chi connectivity index (χ1n) is 10.2. The van der Waals surface area contributed by atoms with Crippen molar-refractivity contribution >= 4 is 17.6 Å². The van der Waals surface area contributed by atoms with Crippen LogP contribution in [-0.4, -0.2) is 17.6 Å². The topological polar surface area (TPSA) is 35.1 Å². The van der Waals surface area contributed by atoms with Crippen molar-refractivity contribution in [3.05, 3.63) is 76.7 Å². The number of methoxy groups -OCH3 is 1. The smallest absolute Gasteiger partial charge is 0.337 e. The number of fused-ring (bicyclic) bond motifs is 1. The maximum absolute atomic E-state index is 11.7. The molecule has 29 heavy (non-hydrogen) atoms. The molecular formula is C24H26ClN2O2+. The Labute approximate surface area is 176 Å². The van der Waals surface area contributed by atoms with Crippen LogP contribution >= 0.6 is 11.6 Å². The van der Waals surface area contributed by atoms with Gasteiger partial charge in [0, 0.05) is 17.0 Å². The van der Waals surface area contributed by atoms with Crippen LogP contribution < -0.4 is 4.57 Å². The summed E-state index contributed by atoms with van der Waals surface area (Å²) in [4.78, 5) is 11.7. The lowest BCUT2D eigenvalue weighted by atomic mass is 10.1. The molecule has 4 nitrogen and oxygen atoms in total. The molecule has 5 heteroatoms. The number of ether oxygens (including phenoxy) is 1. The number of hydrogen-bond donors (Lipinski definition) is 0. The van der Waals surface area contributed by atoms with Crippen molar-refractivity contribution in [3.8, 4) is 11.3 Å². The zero-order valence-corrected chi connectivity index (χ0v) is 17.5. The van der Waals surface area contributed by atoms with Gasteiger partial charge in [0.15, 0.2) is 5.69 Å². The number of rotatable bonds is 4.